The van der Waals surface area contributed by atoms with Gasteiger partial charge in [-0.05, 0) is 70.2 Å². The number of likely N-dealkylation sites (N-methyl/N-ethyl adjacent to an activating group) is 1. The van der Waals surface area contributed by atoms with Crippen molar-refractivity contribution < 1.29 is 53.1 Å². The van der Waals surface area contributed by atoms with E-state index >= 15 is 0 Å². The van der Waals surface area contributed by atoms with Crippen LogP contribution in [0.2, 0.25) is 0 Å². The topological polar surface area (TPSA) is 210 Å². The Bertz CT molecular complexity index is 2590. The predicted octanol–water partition coefficient (Wildman–Crippen LogP) is 6.53. The summed E-state index contributed by atoms with van der Waals surface area (Å²) in [6.07, 6.45) is 5.00. The van der Waals surface area contributed by atoms with E-state index in [1.807, 2.05) is 26.8 Å². The lowest BCUT2D eigenvalue weighted by atomic mass is 9.87. The van der Waals surface area contributed by atoms with E-state index in [9.17, 15) is 34.5 Å². The van der Waals surface area contributed by atoms with Crippen molar-refractivity contribution in [3.63, 3.8) is 0 Å². The summed E-state index contributed by atoms with van der Waals surface area (Å²) in [5, 5.41) is 36.7. The molecule has 65 heavy (non-hydrogen) atoms. The number of hydrogen-bond donors (Lipinski definition) is 4. The second-order valence-corrected chi connectivity index (χ2v) is 17.1. The molecule has 4 N–H and O–H groups in total. The highest BCUT2D eigenvalue weighted by Gasteiger charge is 2.49. The first-order chi connectivity index (χ1) is 31.0. The maximum atomic E-state index is 14.5. The molecule has 0 saturated carbocycles. The smallest absolute Gasteiger partial charge is 0.312 e. The molecule has 4 bridgehead atoms. The van der Waals surface area contributed by atoms with Crippen LogP contribution in [0.5, 0.6) is 17.2 Å². The van der Waals surface area contributed by atoms with E-state index in [1.165, 1.54) is 27.0 Å². The van der Waals surface area contributed by atoms with Crippen molar-refractivity contribution in [2.24, 2.45) is 11.8 Å². The molecule has 1 fully saturated rings. The number of aliphatic hydroxyl groups is 2. The zero-order chi connectivity index (χ0) is 47.3. The molecule has 3 aliphatic heterocycles. The lowest BCUT2D eigenvalue weighted by molar-refractivity contribution is -0.160. The standard InChI is InChI=1S/C47H56N4O12.C2H6/c1-25-11-10-12-26(2)46(58)49-38-42(56)35-34(37-44(38)62-33-24-30(14-15-31(33)48-37)59-22-20-51-18-16-50(7)17-19-51)36-43(28(4)40(35)54)63-47(6,45(36)57)60-21-9-8-13-32(61-29(5)52)41(55)39(53)27(3)23-25;1-2/h9-12,14-15,21,24-25,27,32,39,41,53,55-56H,8,13,16-20,22-23H2,1-7H3,(H,49,58);1-2H3/b11-10+,21-9+,26-12-;/t25?,27-,32?,39-,41?,47+;/m1./s1. The monoisotopic (exact) mass is 898 g/mol. The number of aromatic nitrogens is 1. The number of ether oxygens (including phenoxy) is 4. The number of nitrogens with one attached hydrogen (secondary N) is 1. The van der Waals surface area contributed by atoms with Gasteiger partial charge in [0.1, 0.15) is 47.0 Å². The Morgan fingerprint density at radius 3 is 2.48 bits per heavy atom. The average Bonchev–Trinajstić information content (AvgIpc) is 3.54. The summed E-state index contributed by atoms with van der Waals surface area (Å²) in [7, 11) is 2.10. The Hall–Kier alpha value is -5.81. The Morgan fingerprint density at radius 2 is 1.77 bits per heavy atom. The first-order valence-corrected chi connectivity index (χ1v) is 22.4. The van der Waals surface area contributed by atoms with Crippen molar-refractivity contribution in [1.82, 2.24) is 14.8 Å². The number of carbonyl (C=O) groups is 3. The molecule has 16 nitrogen and oxygen atoms in total. The Morgan fingerprint density at radius 1 is 1.05 bits per heavy atom. The number of nitrogens with zero attached hydrogens (tertiary/aromatic N) is 3. The summed E-state index contributed by atoms with van der Waals surface area (Å²) >= 11 is 0. The lowest BCUT2D eigenvalue weighted by Gasteiger charge is -2.32. The molecule has 0 spiro atoms. The Labute approximate surface area is 378 Å². The van der Waals surface area contributed by atoms with Crippen molar-refractivity contribution in [1.29, 1.82) is 0 Å². The summed E-state index contributed by atoms with van der Waals surface area (Å²) in [6.45, 7) is 18.4. The molecular weight excluding hydrogens is 837 g/mol. The highest BCUT2D eigenvalue weighted by atomic mass is 16.7. The van der Waals surface area contributed by atoms with Crippen LogP contribution in [0, 0.1) is 18.8 Å². The molecule has 350 valence electrons. The number of rotatable bonds is 5. The van der Waals surface area contributed by atoms with Crippen LogP contribution in [0.3, 0.4) is 0 Å². The number of hydrogen-bond acceptors (Lipinski definition) is 15. The molecule has 7 rings (SSSR count). The fourth-order valence-electron chi connectivity index (χ4n) is 8.38. The minimum Gasteiger partial charge on any atom is -0.505 e. The van der Waals surface area contributed by atoms with Gasteiger partial charge in [-0.1, -0.05) is 45.9 Å². The maximum absolute atomic E-state index is 14.5. The van der Waals surface area contributed by atoms with Crippen molar-refractivity contribution in [2.45, 2.75) is 98.8 Å². The molecule has 0 radical (unpaired) electrons. The number of carbonyl (C=O) groups excluding carboxylic acids is 3. The summed E-state index contributed by atoms with van der Waals surface area (Å²) in [6, 6.07) is 5.09. The third-order valence-electron chi connectivity index (χ3n) is 12.1. The summed E-state index contributed by atoms with van der Waals surface area (Å²) in [4.78, 5) is 64.2. The number of ketones is 1. The van der Waals surface area contributed by atoms with Crippen LogP contribution in [0.15, 0.2) is 63.6 Å². The normalized spacial score (nSPS) is 26.7. The fourth-order valence-corrected chi connectivity index (χ4v) is 8.38. The van der Waals surface area contributed by atoms with Crippen molar-refractivity contribution in [3.8, 4) is 17.2 Å². The van der Waals surface area contributed by atoms with Gasteiger partial charge in [0.2, 0.25) is 0 Å². The number of benzene rings is 3. The molecule has 3 aliphatic rings. The van der Waals surface area contributed by atoms with Crippen LogP contribution in [0.1, 0.15) is 83.7 Å². The molecule has 6 atom stereocenters. The van der Waals surface area contributed by atoms with Gasteiger partial charge in [0.15, 0.2) is 22.3 Å². The van der Waals surface area contributed by atoms with Crippen LogP contribution in [-0.4, -0.2) is 118 Å². The van der Waals surface area contributed by atoms with Gasteiger partial charge in [0.25, 0.3) is 11.7 Å². The molecule has 4 aromatic rings. The third kappa shape index (κ3) is 10.4. The zero-order valence-corrected chi connectivity index (χ0v) is 38.7. The SMILES string of the molecule is CC.CC(=O)OC1CC/C=C/O[C@@]2(C)Oc3c(C)c(=O)c4c(O)c(c5oc6cc(OCCN7CCN(C)CC7)ccc6nc5c4c3C2=O)NC(=O)/C(C)=C\C=C\C(C)C[C@@H](C)[C@@H](O)C1O. The molecule has 16 heteroatoms. The van der Waals surface area contributed by atoms with E-state index < -0.39 is 58.9 Å². The van der Waals surface area contributed by atoms with Crippen LogP contribution >= 0.6 is 0 Å². The van der Waals surface area contributed by atoms with E-state index in [2.05, 4.69) is 22.2 Å². The van der Waals surface area contributed by atoms with Crippen LogP contribution in [0.4, 0.5) is 5.69 Å². The van der Waals surface area contributed by atoms with Gasteiger partial charge in [0.05, 0.1) is 23.3 Å². The molecular formula is C49H62N4O12. The molecule has 0 aliphatic carbocycles. The van der Waals surface area contributed by atoms with Gasteiger partial charge in [-0.3, -0.25) is 24.1 Å². The van der Waals surface area contributed by atoms with Gasteiger partial charge in [-0.15, -0.1) is 0 Å². The first-order valence-electron chi connectivity index (χ1n) is 22.4. The fraction of sp³-hybridized carbons (Fsp3) is 0.490. The molecule has 3 unspecified atom stereocenters. The summed E-state index contributed by atoms with van der Waals surface area (Å²) in [5.41, 5.74) is -0.228. The molecule has 1 saturated heterocycles. The number of aromatic hydroxyl groups is 1. The van der Waals surface area contributed by atoms with Crippen LogP contribution in [0.25, 0.3) is 33.0 Å². The maximum Gasteiger partial charge on any atom is 0.312 e. The molecule has 3 aromatic carbocycles. The van der Waals surface area contributed by atoms with Crippen molar-refractivity contribution >= 4 is 56.3 Å². The number of Topliss-reactive ketones (excluding diaryl/α,β-unsaturated/α-hetero) is 1. The minimum atomic E-state index is -1.98. The summed E-state index contributed by atoms with van der Waals surface area (Å²) < 4.78 is 30.1. The highest BCUT2D eigenvalue weighted by molar-refractivity contribution is 6.26. The van der Waals surface area contributed by atoms with E-state index in [-0.39, 0.29) is 74.4 Å². The largest absolute Gasteiger partial charge is 0.505 e. The predicted molar refractivity (Wildman–Crippen MR) is 247 cm³/mol. The number of allylic oxidation sites excluding steroid dienone is 4. The number of piperazine rings is 1. The quantitative estimate of drug-likeness (QED) is 0.0726. The second-order valence-electron chi connectivity index (χ2n) is 17.1. The second kappa shape index (κ2) is 20.6. The Kier molecular flexibility index (Phi) is 15.4. The van der Waals surface area contributed by atoms with Gasteiger partial charge < -0.3 is 48.9 Å². The van der Waals surface area contributed by atoms with E-state index in [0.29, 0.717) is 24.3 Å². The number of phenolic OH excluding ortho intramolecular Hbond substituents is 1. The number of esters is 1. The minimum absolute atomic E-state index is 0.00983. The number of amides is 1. The van der Waals surface area contributed by atoms with Crippen molar-refractivity contribution in [3.05, 3.63) is 75.7 Å². The molecule has 1 amide bonds. The van der Waals surface area contributed by atoms with Crippen LogP contribution < -0.4 is 20.2 Å². The van der Waals surface area contributed by atoms with Crippen LogP contribution in [-0.2, 0) is 19.1 Å². The number of fused-ring (bicyclic) bond motifs is 2. The van der Waals surface area contributed by atoms with Gasteiger partial charge >= 0.3 is 11.8 Å². The highest BCUT2D eigenvalue weighted by Crippen LogP contribution is 2.48. The zero-order valence-electron chi connectivity index (χ0n) is 38.7. The van der Waals surface area contributed by atoms with Crippen molar-refractivity contribution in [2.75, 3.05) is 51.7 Å². The number of aliphatic hydroxyl groups excluding tert-OH is 2. The van der Waals surface area contributed by atoms with Gasteiger partial charge in [0, 0.05) is 69.2 Å². The third-order valence-corrected chi connectivity index (χ3v) is 12.1. The average molecular weight is 899 g/mol. The number of phenols is 1. The first kappa shape index (κ1) is 48.6. The van der Waals surface area contributed by atoms with Gasteiger partial charge in [-0.2, -0.15) is 0 Å². The van der Waals surface area contributed by atoms with E-state index in [4.69, 9.17) is 28.3 Å². The Balaban J connectivity index is 0.00000345. The number of anilines is 1. The molecule has 1 aromatic heterocycles. The van der Waals surface area contributed by atoms with Gasteiger partial charge in [-0.25, -0.2) is 4.98 Å². The van der Waals surface area contributed by atoms with E-state index in [1.54, 1.807) is 50.3 Å². The summed E-state index contributed by atoms with van der Waals surface area (Å²) in [5.74, 6) is -4.63. The molecule has 4 heterocycles. The van der Waals surface area contributed by atoms with E-state index in [0.717, 1.165) is 32.7 Å². The lowest BCUT2D eigenvalue weighted by Crippen LogP contribution is -2.45.